The Kier molecular flexibility index (Phi) is 4.50. The summed E-state index contributed by atoms with van der Waals surface area (Å²) < 4.78 is 0. The quantitative estimate of drug-likeness (QED) is 0.858. The third kappa shape index (κ3) is 3.23. The van der Waals surface area contributed by atoms with Crippen LogP contribution in [0.15, 0.2) is 22.2 Å². The highest BCUT2D eigenvalue weighted by Crippen LogP contribution is 2.26. The SMILES string of the molecule is C#CCN(CC(=O)O)C(=O)c1csc(-c2ccsc2)n1. The van der Waals surface area contributed by atoms with Crippen LogP contribution in [0.4, 0.5) is 0 Å². The number of carbonyl (C=O) groups is 2. The third-order valence-electron chi connectivity index (χ3n) is 2.39. The average molecular weight is 306 g/mol. The number of aromatic nitrogens is 1. The van der Waals surface area contributed by atoms with Gasteiger partial charge < -0.3 is 10.0 Å². The summed E-state index contributed by atoms with van der Waals surface area (Å²) in [6.07, 6.45) is 5.15. The van der Waals surface area contributed by atoms with E-state index in [1.165, 1.54) is 11.3 Å². The number of carboxylic acids is 1. The molecule has 0 unspecified atom stereocenters. The lowest BCUT2D eigenvalue weighted by atomic mass is 10.3. The molecule has 1 N–H and O–H groups in total. The number of rotatable bonds is 5. The fourth-order valence-electron chi connectivity index (χ4n) is 1.53. The van der Waals surface area contributed by atoms with Crippen molar-refractivity contribution in [1.82, 2.24) is 9.88 Å². The predicted octanol–water partition coefficient (Wildman–Crippen LogP) is 2.03. The molecule has 0 bridgehead atoms. The molecule has 0 radical (unpaired) electrons. The van der Waals surface area contributed by atoms with Gasteiger partial charge in [-0.2, -0.15) is 11.3 Å². The highest BCUT2D eigenvalue weighted by Gasteiger charge is 2.20. The van der Waals surface area contributed by atoms with E-state index in [0.717, 1.165) is 15.5 Å². The fourth-order valence-corrected chi connectivity index (χ4v) is 3.03. The van der Waals surface area contributed by atoms with Gasteiger partial charge in [0.1, 0.15) is 17.2 Å². The van der Waals surface area contributed by atoms with E-state index < -0.39 is 18.4 Å². The van der Waals surface area contributed by atoms with Gasteiger partial charge in [-0.15, -0.1) is 17.8 Å². The maximum Gasteiger partial charge on any atom is 0.323 e. The highest BCUT2D eigenvalue weighted by atomic mass is 32.1. The minimum atomic E-state index is -1.11. The van der Waals surface area contributed by atoms with Gasteiger partial charge in [0.2, 0.25) is 0 Å². The van der Waals surface area contributed by atoms with Gasteiger partial charge in [-0.05, 0) is 11.4 Å². The molecule has 102 valence electrons. The topological polar surface area (TPSA) is 70.5 Å². The van der Waals surface area contributed by atoms with Gasteiger partial charge >= 0.3 is 5.97 Å². The molecule has 2 heterocycles. The summed E-state index contributed by atoms with van der Waals surface area (Å²) in [4.78, 5) is 28.2. The summed E-state index contributed by atoms with van der Waals surface area (Å²) in [7, 11) is 0. The second-order valence-electron chi connectivity index (χ2n) is 3.81. The Balaban J connectivity index is 2.19. The van der Waals surface area contributed by atoms with Gasteiger partial charge in [0.05, 0.1) is 6.54 Å². The number of aliphatic carboxylic acids is 1. The smallest absolute Gasteiger partial charge is 0.323 e. The van der Waals surface area contributed by atoms with E-state index in [-0.39, 0.29) is 12.2 Å². The summed E-state index contributed by atoms with van der Waals surface area (Å²) >= 11 is 2.88. The molecule has 2 aromatic heterocycles. The molecular weight excluding hydrogens is 296 g/mol. The van der Waals surface area contributed by atoms with E-state index in [0.29, 0.717) is 0 Å². The van der Waals surface area contributed by atoms with Crippen LogP contribution in [0, 0.1) is 12.3 Å². The van der Waals surface area contributed by atoms with Gasteiger partial charge in [-0.1, -0.05) is 5.92 Å². The molecule has 2 aromatic rings. The molecule has 0 fully saturated rings. The third-order valence-corrected chi connectivity index (χ3v) is 3.96. The Bertz CT molecular complexity index is 655. The van der Waals surface area contributed by atoms with Crippen molar-refractivity contribution in [2.24, 2.45) is 0 Å². The van der Waals surface area contributed by atoms with Crippen molar-refractivity contribution in [2.75, 3.05) is 13.1 Å². The van der Waals surface area contributed by atoms with Crippen molar-refractivity contribution in [1.29, 1.82) is 0 Å². The zero-order valence-electron chi connectivity index (χ0n) is 10.3. The molecule has 7 heteroatoms. The number of hydrogen-bond donors (Lipinski definition) is 1. The van der Waals surface area contributed by atoms with Crippen LogP contribution in [0.5, 0.6) is 0 Å². The zero-order chi connectivity index (χ0) is 14.5. The van der Waals surface area contributed by atoms with Crippen LogP contribution in [-0.4, -0.2) is 40.0 Å². The summed E-state index contributed by atoms with van der Waals surface area (Å²) in [5.41, 5.74) is 1.16. The first-order valence-corrected chi connectivity index (χ1v) is 7.36. The Morgan fingerprint density at radius 1 is 1.45 bits per heavy atom. The molecule has 0 aliphatic carbocycles. The van der Waals surface area contributed by atoms with Gasteiger partial charge in [0.15, 0.2) is 0 Å². The first-order valence-electron chi connectivity index (χ1n) is 5.54. The van der Waals surface area contributed by atoms with Crippen LogP contribution in [0.25, 0.3) is 10.6 Å². The van der Waals surface area contributed by atoms with E-state index in [1.807, 2.05) is 16.8 Å². The van der Waals surface area contributed by atoms with E-state index in [1.54, 1.807) is 16.7 Å². The average Bonchev–Trinajstić information content (AvgIpc) is 3.07. The zero-order valence-corrected chi connectivity index (χ0v) is 11.9. The normalized spacial score (nSPS) is 9.95. The van der Waals surface area contributed by atoms with Crippen molar-refractivity contribution in [3.8, 4) is 22.9 Å². The first-order chi connectivity index (χ1) is 9.61. The van der Waals surface area contributed by atoms with Crippen LogP contribution in [0.2, 0.25) is 0 Å². The minimum absolute atomic E-state index is 0.0591. The van der Waals surface area contributed by atoms with E-state index >= 15 is 0 Å². The number of terminal acetylenes is 1. The summed E-state index contributed by atoms with van der Waals surface area (Å²) in [6.45, 7) is -0.495. The molecule has 0 saturated carbocycles. The van der Waals surface area contributed by atoms with Crippen LogP contribution < -0.4 is 0 Å². The highest BCUT2D eigenvalue weighted by molar-refractivity contribution is 7.14. The standard InChI is InChI=1S/C13H10N2O3S2/c1-2-4-15(6-11(16)17)13(18)10-8-20-12(14-10)9-3-5-19-7-9/h1,3,5,7-8H,4,6H2,(H,16,17). The molecule has 0 aliphatic heterocycles. The van der Waals surface area contributed by atoms with Crippen LogP contribution in [0.3, 0.4) is 0 Å². The largest absolute Gasteiger partial charge is 0.480 e. The van der Waals surface area contributed by atoms with E-state index in [2.05, 4.69) is 10.9 Å². The second-order valence-corrected chi connectivity index (χ2v) is 5.45. The molecule has 0 aromatic carbocycles. The number of thiophene rings is 1. The number of carboxylic acid groups (broad SMARTS) is 1. The van der Waals surface area contributed by atoms with Crippen molar-refractivity contribution in [3.63, 3.8) is 0 Å². The van der Waals surface area contributed by atoms with Crippen molar-refractivity contribution >= 4 is 34.6 Å². The van der Waals surface area contributed by atoms with Crippen LogP contribution >= 0.6 is 22.7 Å². The van der Waals surface area contributed by atoms with Crippen LogP contribution in [0.1, 0.15) is 10.5 Å². The summed E-state index contributed by atoms with van der Waals surface area (Å²) in [5.74, 6) is 0.698. The van der Waals surface area contributed by atoms with Gasteiger partial charge in [-0.3, -0.25) is 9.59 Å². The molecule has 1 amide bonds. The Hall–Kier alpha value is -2.17. The molecular formula is C13H10N2O3S2. The Morgan fingerprint density at radius 2 is 2.25 bits per heavy atom. The molecule has 2 rings (SSSR count). The van der Waals surface area contributed by atoms with Gasteiger partial charge in [0, 0.05) is 16.3 Å². The van der Waals surface area contributed by atoms with E-state index in [9.17, 15) is 9.59 Å². The summed E-state index contributed by atoms with van der Waals surface area (Å²) in [6, 6.07) is 1.91. The fraction of sp³-hybridized carbons (Fsp3) is 0.154. The monoisotopic (exact) mass is 306 g/mol. The van der Waals surface area contributed by atoms with Gasteiger partial charge in [-0.25, -0.2) is 4.98 Å². The lowest BCUT2D eigenvalue weighted by molar-refractivity contribution is -0.137. The molecule has 0 spiro atoms. The van der Waals surface area contributed by atoms with Crippen molar-refractivity contribution < 1.29 is 14.7 Å². The lowest BCUT2D eigenvalue weighted by Gasteiger charge is -2.16. The van der Waals surface area contributed by atoms with Crippen molar-refractivity contribution in [2.45, 2.75) is 0 Å². The minimum Gasteiger partial charge on any atom is -0.480 e. The number of nitrogens with zero attached hydrogens (tertiary/aromatic N) is 2. The number of carbonyl (C=O) groups excluding carboxylic acids is 1. The van der Waals surface area contributed by atoms with Gasteiger partial charge in [0.25, 0.3) is 5.91 Å². The molecule has 20 heavy (non-hydrogen) atoms. The molecule has 5 nitrogen and oxygen atoms in total. The number of amides is 1. The molecule has 0 atom stereocenters. The second kappa shape index (κ2) is 6.32. The van der Waals surface area contributed by atoms with Crippen LogP contribution in [-0.2, 0) is 4.79 Å². The summed E-state index contributed by atoms with van der Waals surface area (Å²) in [5, 5.41) is 15.0. The van der Waals surface area contributed by atoms with E-state index in [4.69, 9.17) is 11.5 Å². The molecule has 0 aliphatic rings. The molecule has 0 saturated heterocycles. The van der Waals surface area contributed by atoms with Crippen molar-refractivity contribution in [3.05, 3.63) is 27.9 Å². The number of thiazole rings is 1. The Labute approximate surface area is 123 Å². The lowest BCUT2D eigenvalue weighted by Crippen LogP contribution is -2.36. The Morgan fingerprint density at radius 3 is 2.85 bits per heavy atom. The maximum absolute atomic E-state index is 12.2. The number of hydrogen-bond acceptors (Lipinski definition) is 5. The maximum atomic E-state index is 12.2. The predicted molar refractivity (Wildman–Crippen MR) is 77.8 cm³/mol. The first kappa shape index (κ1) is 14.2.